The molecule has 0 saturated heterocycles. The van der Waals surface area contributed by atoms with Crippen LogP contribution in [0.2, 0.25) is 0 Å². The minimum atomic E-state index is -0.443. The number of likely N-dealkylation sites (N-methyl/N-ethyl adjacent to an activating group) is 1. The van der Waals surface area contributed by atoms with E-state index in [1.165, 1.54) is 13.1 Å². The van der Waals surface area contributed by atoms with Gasteiger partial charge in [0.1, 0.15) is 0 Å². The van der Waals surface area contributed by atoms with Crippen molar-refractivity contribution in [1.82, 2.24) is 4.90 Å². The fraction of sp³-hybridized carbons (Fsp3) is 0.389. The van der Waals surface area contributed by atoms with E-state index < -0.39 is 5.91 Å². The molecule has 0 aliphatic rings. The Hall–Kier alpha value is -2.23. The highest BCUT2D eigenvalue weighted by Gasteiger charge is 2.19. The second-order valence-electron chi connectivity index (χ2n) is 5.70. The van der Waals surface area contributed by atoms with Gasteiger partial charge in [-0.05, 0) is 43.0 Å². The number of imide groups is 1. The molecular weight excluding hydrogens is 278 g/mol. The molecule has 4 heteroatoms. The van der Waals surface area contributed by atoms with E-state index in [9.17, 15) is 14.4 Å². The van der Waals surface area contributed by atoms with Crippen LogP contribution in [0.3, 0.4) is 0 Å². The molecule has 0 unspecified atom stereocenters. The van der Waals surface area contributed by atoms with Gasteiger partial charge < -0.3 is 0 Å². The number of allylic oxidation sites excluding steroid dienone is 1. The third-order valence-corrected chi connectivity index (χ3v) is 3.46. The van der Waals surface area contributed by atoms with Gasteiger partial charge in [0.05, 0.1) is 0 Å². The first-order chi connectivity index (χ1) is 10.3. The van der Waals surface area contributed by atoms with E-state index in [2.05, 4.69) is 0 Å². The van der Waals surface area contributed by atoms with Gasteiger partial charge in [-0.1, -0.05) is 32.4 Å². The molecule has 1 aromatic carbocycles. The molecule has 2 amide bonds. The van der Waals surface area contributed by atoms with Crippen LogP contribution in [0.5, 0.6) is 0 Å². The lowest BCUT2D eigenvalue weighted by molar-refractivity contribution is -0.133. The quantitative estimate of drug-likeness (QED) is 0.461. The lowest BCUT2D eigenvalue weighted by Gasteiger charge is -2.15. The first-order valence-electron chi connectivity index (χ1n) is 7.39. The Bertz CT molecular complexity index is 615. The number of aryl methyl sites for hydroxylation is 2. The maximum absolute atomic E-state index is 12.5. The lowest BCUT2D eigenvalue weighted by atomic mass is 9.96. The number of hydrogen-bond donors (Lipinski definition) is 0. The zero-order chi connectivity index (χ0) is 16.9. The summed E-state index contributed by atoms with van der Waals surface area (Å²) in [6, 6.07) is 5.69. The van der Waals surface area contributed by atoms with E-state index in [1.807, 2.05) is 45.9 Å². The lowest BCUT2D eigenvalue weighted by Crippen LogP contribution is -2.28. The van der Waals surface area contributed by atoms with Crippen molar-refractivity contribution in [3.8, 4) is 0 Å². The molecule has 0 aliphatic heterocycles. The van der Waals surface area contributed by atoms with Crippen molar-refractivity contribution in [3.05, 3.63) is 46.5 Å². The zero-order valence-electron chi connectivity index (χ0n) is 13.8. The van der Waals surface area contributed by atoms with Gasteiger partial charge in [0.25, 0.3) is 5.91 Å². The maximum Gasteiger partial charge on any atom is 0.256 e. The fourth-order valence-electron chi connectivity index (χ4n) is 2.16. The highest BCUT2D eigenvalue weighted by Crippen LogP contribution is 2.16. The number of carbonyl (C=O) groups excluding carboxylic acids is 3. The molecule has 0 N–H and O–H groups in total. The van der Waals surface area contributed by atoms with Gasteiger partial charge in [0.2, 0.25) is 6.41 Å². The summed E-state index contributed by atoms with van der Waals surface area (Å²) in [4.78, 5) is 36.3. The molecule has 22 heavy (non-hydrogen) atoms. The number of nitrogens with zero attached hydrogens (tertiary/aromatic N) is 1. The van der Waals surface area contributed by atoms with Crippen molar-refractivity contribution < 1.29 is 14.4 Å². The van der Waals surface area contributed by atoms with Crippen molar-refractivity contribution in [1.29, 1.82) is 0 Å². The van der Waals surface area contributed by atoms with Gasteiger partial charge >= 0.3 is 0 Å². The summed E-state index contributed by atoms with van der Waals surface area (Å²) in [6.07, 6.45) is 2.64. The monoisotopic (exact) mass is 301 g/mol. The SMILES string of the molecule is CCc1cc(C)cc(C(=O)/C=C(/C(=O)N(C)C=O)C(C)C)c1. The van der Waals surface area contributed by atoms with Gasteiger partial charge in [0, 0.05) is 18.2 Å². The van der Waals surface area contributed by atoms with Crippen molar-refractivity contribution >= 4 is 18.1 Å². The van der Waals surface area contributed by atoms with Gasteiger partial charge in [0.15, 0.2) is 5.78 Å². The summed E-state index contributed by atoms with van der Waals surface area (Å²) in [7, 11) is 1.39. The van der Waals surface area contributed by atoms with Gasteiger partial charge in [-0.15, -0.1) is 0 Å². The Morgan fingerprint density at radius 2 is 1.86 bits per heavy atom. The number of benzene rings is 1. The highest BCUT2D eigenvalue weighted by molar-refractivity contribution is 6.11. The standard InChI is InChI=1S/C18H23NO3/c1-6-14-7-13(4)8-15(9-14)17(21)10-16(12(2)3)18(22)19(5)11-20/h7-12H,6H2,1-5H3/b16-10+. The molecule has 0 bridgehead atoms. The van der Waals surface area contributed by atoms with Crippen LogP contribution in [0.1, 0.15) is 42.3 Å². The predicted molar refractivity (Wildman–Crippen MR) is 86.6 cm³/mol. The van der Waals surface area contributed by atoms with Crippen molar-refractivity contribution in [2.24, 2.45) is 5.92 Å². The second-order valence-corrected chi connectivity index (χ2v) is 5.70. The Labute approximate surface area is 131 Å². The molecule has 0 radical (unpaired) electrons. The predicted octanol–water partition coefficient (Wildman–Crippen LogP) is 2.94. The van der Waals surface area contributed by atoms with Crippen molar-refractivity contribution in [2.45, 2.75) is 34.1 Å². The fourth-order valence-corrected chi connectivity index (χ4v) is 2.16. The zero-order valence-corrected chi connectivity index (χ0v) is 13.8. The first-order valence-corrected chi connectivity index (χ1v) is 7.39. The number of rotatable bonds is 6. The first kappa shape index (κ1) is 17.8. The second kappa shape index (κ2) is 7.69. The summed E-state index contributed by atoms with van der Waals surface area (Å²) >= 11 is 0. The molecule has 1 rings (SSSR count). The maximum atomic E-state index is 12.5. The summed E-state index contributed by atoms with van der Waals surface area (Å²) in [5.74, 6) is -0.800. The number of ketones is 1. The van der Waals surface area contributed by atoms with Crippen LogP contribution in [-0.4, -0.2) is 30.0 Å². The van der Waals surface area contributed by atoms with Crippen LogP contribution in [-0.2, 0) is 16.0 Å². The van der Waals surface area contributed by atoms with Crippen molar-refractivity contribution in [3.63, 3.8) is 0 Å². The van der Waals surface area contributed by atoms with Crippen molar-refractivity contribution in [2.75, 3.05) is 7.05 Å². The van der Waals surface area contributed by atoms with Crippen LogP contribution in [0.15, 0.2) is 29.8 Å². The van der Waals surface area contributed by atoms with Crippen LogP contribution >= 0.6 is 0 Å². The van der Waals surface area contributed by atoms with Gasteiger partial charge in [-0.2, -0.15) is 0 Å². The van der Waals surface area contributed by atoms with E-state index in [1.54, 1.807) is 0 Å². The third kappa shape index (κ3) is 4.38. The molecule has 0 fully saturated rings. The molecule has 0 saturated carbocycles. The number of hydrogen-bond acceptors (Lipinski definition) is 3. The molecule has 4 nitrogen and oxygen atoms in total. The van der Waals surface area contributed by atoms with Gasteiger partial charge in [-0.25, -0.2) is 0 Å². The van der Waals surface area contributed by atoms with E-state index in [0.29, 0.717) is 17.5 Å². The van der Waals surface area contributed by atoms with Crippen LogP contribution < -0.4 is 0 Å². The Morgan fingerprint density at radius 1 is 1.23 bits per heavy atom. The largest absolute Gasteiger partial charge is 0.289 e. The smallest absolute Gasteiger partial charge is 0.256 e. The summed E-state index contributed by atoms with van der Waals surface area (Å²) < 4.78 is 0. The average Bonchev–Trinajstić information content (AvgIpc) is 2.49. The normalized spacial score (nSPS) is 11.5. The Kier molecular flexibility index (Phi) is 6.23. The molecule has 0 spiro atoms. The average molecular weight is 301 g/mol. The van der Waals surface area contributed by atoms with E-state index >= 15 is 0 Å². The summed E-state index contributed by atoms with van der Waals surface area (Å²) in [6.45, 7) is 7.61. The number of carbonyl (C=O) groups is 3. The molecule has 0 heterocycles. The Morgan fingerprint density at radius 3 is 2.36 bits per heavy atom. The minimum absolute atomic E-state index is 0.144. The topological polar surface area (TPSA) is 54.5 Å². The number of amides is 2. The molecule has 0 aliphatic carbocycles. The Balaban J connectivity index is 3.21. The summed E-state index contributed by atoms with van der Waals surface area (Å²) in [5, 5.41) is 0. The molecule has 0 aromatic heterocycles. The van der Waals surface area contributed by atoms with E-state index in [0.717, 1.165) is 22.4 Å². The van der Waals surface area contributed by atoms with Crippen LogP contribution in [0.25, 0.3) is 0 Å². The van der Waals surface area contributed by atoms with E-state index in [4.69, 9.17) is 0 Å². The summed E-state index contributed by atoms with van der Waals surface area (Å²) in [5.41, 5.74) is 2.99. The molecule has 118 valence electrons. The highest BCUT2D eigenvalue weighted by atomic mass is 16.2. The van der Waals surface area contributed by atoms with Gasteiger partial charge in [-0.3, -0.25) is 19.3 Å². The molecular formula is C18H23NO3. The van der Waals surface area contributed by atoms with Crippen LogP contribution in [0, 0.1) is 12.8 Å². The molecule has 0 atom stereocenters. The van der Waals surface area contributed by atoms with E-state index in [-0.39, 0.29) is 11.7 Å². The van der Waals surface area contributed by atoms with Crippen LogP contribution in [0.4, 0.5) is 0 Å². The third-order valence-electron chi connectivity index (χ3n) is 3.46. The minimum Gasteiger partial charge on any atom is -0.289 e. The molecule has 1 aromatic rings.